The summed E-state index contributed by atoms with van der Waals surface area (Å²) in [5.74, 6) is -0.0361. The fraction of sp³-hybridized carbons (Fsp3) is 0.227. The molecule has 1 aromatic heterocycles. The van der Waals surface area contributed by atoms with E-state index in [4.69, 9.17) is 11.6 Å². The van der Waals surface area contributed by atoms with E-state index in [-0.39, 0.29) is 5.91 Å². The van der Waals surface area contributed by atoms with Gasteiger partial charge < -0.3 is 9.88 Å². The fourth-order valence-corrected chi connectivity index (χ4v) is 3.23. The number of benzene rings is 2. The van der Waals surface area contributed by atoms with Gasteiger partial charge in [-0.25, -0.2) is 0 Å². The molecule has 3 nitrogen and oxygen atoms in total. The van der Waals surface area contributed by atoms with E-state index in [9.17, 15) is 4.79 Å². The van der Waals surface area contributed by atoms with Gasteiger partial charge in [0.15, 0.2) is 0 Å². The average Bonchev–Trinajstić information content (AvgIpc) is 2.97. The van der Waals surface area contributed by atoms with Crippen LogP contribution in [0.1, 0.15) is 35.0 Å². The van der Waals surface area contributed by atoms with Crippen LogP contribution in [0.5, 0.6) is 0 Å². The molecule has 3 aromatic rings. The van der Waals surface area contributed by atoms with Crippen molar-refractivity contribution >= 4 is 17.5 Å². The van der Waals surface area contributed by atoms with Gasteiger partial charge in [0, 0.05) is 22.9 Å². The number of aromatic nitrogens is 1. The number of aryl methyl sites for hydroxylation is 1. The molecule has 1 amide bonds. The summed E-state index contributed by atoms with van der Waals surface area (Å²) in [6, 6.07) is 18.0. The summed E-state index contributed by atoms with van der Waals surface area (Å²) >= 11 is 6.05. The lowest BCUT2D eigenvalue weighted by Gasteiger charge is -2.13. The van der Waals surface area contributed by atoms with Crippen molar-refractivity contribution in [3.63, 3.8) is 0 Å². The van der Waals surface area contributed by atoms with Crippen molar-refractivity contribution in [2.45, 2.75) is 27.2 Å². The maximum absolute atomic E-state index is 12.6. The van der Waals surface area contributed by atoms with Gasteiger partial charge in [0.2, 0.25) is 0 Å². The summed E-state index contributed by atoms with van der Waals surface area (Å²) in [6.07, 6.45) is 0.910. The predicted molar refractivity (Wildman–Crippen MR) is 108 cm³/mol. The van der Waals surface area contributed by atoms with E-state index in [2.05, 4.69) is 35.0 Å². The Labute approximate surface area is 159 Å². The van der Waals surface area contributed by atoms with Crippen LogP contribution in [-0.2, 0) is 0 Å². The molecule has 1 heterocycles. The SMILES string of the molecule is CCCNC(=O)c1cc(-c2ccc(Cl)cc2)n(-c2cccc(C)c2)c1C. The quantitative estimate of drug-likeness (QED) is 0.630. The van der Waals surface area contributed by atoms with Crippen molar-refractivity contribution < 1.29 is 4.79 Å². The molecule has 3 rings (SSSR count). The monoisotopic (exact) mass is 366 g/mol. The molecule has 26 heavy (non-hydrogen) atoms. The number of hydrogen-bond donors (Lipinski definition) is 1. The topological polar surface area (TPSA) is 34.0 Å². The van der Waals surface area contributed by atoms with Crippen LogP contribution in [-0.4, -0.2) is 17.0 Å². The number of amides is 1. The zero-order chi connectivity index (χ0) is 18.7. The van der Waals surface area contributed by atoms with Crippen LogP contribution in [0.4, 0.5) is 0 Å². The summed E-state index contributed by atoms with van der Waals surface area (Å²) in [7, 11) is 0. The van der Waals surface area contributed by atoms with Crippen molar-refractivity contribution in [2.24, 2.45) is 0 Å². The molecule has 0 aliphatic heterocycles. The Kier molecular flexibility index (Phi) is 5.48. The fourth-order valence-electron chi connectivity index (χ4n) is 3.10. The molecular weight excluding hydrogens is 344 g/mol. The molecule has 4 heteroatoms. The lowest BCUT2D eigenvalue weighted by atomic mass is 10.1. The summed E-state index contributed by atoms with van der Waals surface area (Å²) in [5, 5.41) is 3.67. The molecule has 1 N–H and O–H groups in total. The van der Waals surface area contributed by atoms with Crippen molar-refractivity contribution in [1.82, 2.24) is 9.88 Å². The smallest absolute Gasteiger partial charge is 0.253 e. The molecule has 2 aromatic carbocycles. The molecule has 0 saturated carbocycles. The zero-order valence-corrected chi connectivity index (χ0v) is 16.1. The maximum Gasteiger partial charge on any atom is 0.253 e. The number of nitrogens with one attached hydrogen (secondary N) is 1. The Morgan fingerprint density at radius 3 is 2.46 bits per heavy atom. The number of nitrogens with zero attached hydrogens (tertiary/aromatic N) is 1. The number of hydrogen-bond acceptors (Lipinski definition) is 1. The highest BCUT2D eigenvalue weighted by atomic mass is 35.5. The Hall–Kier alpha value is -2.52. The van der Waals surface area contributed by atoms with Crippen LogP contribution in [0, 0.1) is 13.8 Å². The number of carbonyl (C=O) groups is 1. The third kappa shape index (κ3) is 3.68. The van der Waals surface area contributed by atoms with Gasteiger partial charge in [0.1, 0.15) is 0 Å². The van der Waals surface area contributed by atoms with Crippen LogP contribution >= 0.6 is 11.6 Å². The van der Waals surface area contributed by atoms with E-state index in [0.717, 1.165) is 29.1 Å². The van der Waals surface area contributed by atoms with E-state index in [0.29, 0.717) is 17.1 Å². The molecule has 0 spiro atoms. The highest BCUT2D eigenvalue weighted by Gasteiger charge is 2.19. The third-order valence-electron chi connectivity index (χ3n) is 4.43. The van der Waals surface area contributed by atoms with Crippen molar-refractivity contribution in [2.75, 3.05) is 6.54 Å². The van der Waals surface area contributed by atoms with Crippen molar-refractivity contribution in [3.8, 4) is 16.9 Å². The first kappa shape index (κ1) is 18.3. The van der Waals surface area contributed by atoms with Crippen LogP contribution in [0.3, 0.4) is 0 Å². The second-order valence-corrected chi connectivity index (χ2v) is 6.90. The Bertz CT molecular complexity index is 926. The van der Waals surface area contributed by atoms with E-state index in [1.807, 2.05) is 50.2 Å². The molecular formula is C22H23ClN2O. The second kappa shape index (κ2) is 7.79. The zero-order valence-electron chi connectivity index (χ0n) is 15.3. The number of carbonyl (C=O) groups excluding carboxylic acids is 1. The minimum absolute atomic E-state index is 0.0361. The Balaban J connectivity index is 2.17. The molecule has 0 fully saturated rings. The van der Waals surface area contributed by atoms with Gasteiger partial charge in [-0.1, -0.05) is 42.8 Å². The van der Waals surface area contributed by atoms with Crippen LogP contribution in [0.15, 0.2) is 54.6 Å². The molecule has 0 saturated heterocycles. The van der Waals surface area contributed by atoms with Crippen molar-refractivity contribution in [3.05, 3.63) is 76.4 Å². The molecule has 0 aliphatic rings. The summed E-state index contributed by atoms with van der Waals surface area (Å²) < 4.78 is 2.14. The maximum atomic E-state index is 12.6. The molecule has 0 unspecified atom stereocenters. The highest BCUT2D eigenvalue weighted by Crippen LogP contribution is 2.30. The number of rotatable bonds is 5. The summed E-state index contributed by atoms with van der Waals surface area (Å²) in [4.78, 5) is 12.6. The Morgan fingerprint density at radius 2 is 1.81 bits per heavy atom. The van der Waals surface area contributed by atoms with Gasteiger partial charge in [-0.05, 0) is 61.7 Å². The molecule has 0 aliphatic carbocycles. The second-order valence-electron chi connectivity index (χ2n) is 6.47. The van der Waals surface area contributed by atoms with Crippen LogP contribution in [0.2, 0.25) is 5.02 Å². The average molecular weight is 367 g/mol. The molecule has 134 valence electrons. The van der Waals surface area contributed by atoms with Gasteiger partial charge in [-0.3, -0.25) is 4.79 Å². The first-order valence-electron chi connectivity index (χ1n) is 8.84. The lowest BCUT2D eigenvalue weighted by Crippen LogP contribution is -2.24. The van der Waals surface area contributed by atoms with Crippen LogP contribution in [0.25, 0.3) is 16.9 Å². The lowest BCUT2D eigenvalue weighted by molar-refractivity contribution is 0.0953. The van der Waals surface area contributed by atoms with Crippen LogP contribution < -0.4 is 5.32 Å². The first-order chi connectivity index (χ1) is 12.5. The molecule has 0 bridgehead atoms. The van der Waals surface area contributed by atoms with E-state index >= 15 is 0 Å². The molecule has 0 radical (unpaired) electrons. The summed E-state index contributed by atoms with van der Waals surface area (Å²) in [6.45, 7) is 6.77. The minimum Gasteiger partial charge on any atom is -0.352 e. The Morgan fingerprint density at radius 1 is 1.08 bits per heavy atom. The highest BCUT2D eigenvalue weighted by molar-refractivity contribution is 6.30. The number of halogens is 1. The molecule has 0 atom stereocenters. The van der Waals surface area contributed by atoms with Gasteiger partial charge >= 0.3 is 0 Å². The van der Waals surface area contributed by atoms with Crippen molar-refractivity contribution in [1.29, 1.82) is 0 Å². The van der Waals surface area contributed by atoms with Gasteiger partial charge in [0.05, 0.1) is 11.3 Å². The van der Waals surface area contributed by atoms with E-state index in [1.165, 1.54) is 5.56 Å². The minimum atomic E-state index is -0.0361. The normalized spacial score (nSPS) is 10.8. The first-order valence-corrected chi connectivity index (χ1v) is 9.22. The van der Waals surface area contributed by atoms with Gasteiger partial charge in [-0.2, -0.15) is 0 Å². The standard InChI is InChI=1S/C22H23ClN2O/c1-4-12-24-22(26)20-14-21(17-8-10-18(23)11-9-17)25(16(20)3)19-7-5-6-15(2)13-19/h5-11,13-14H,4,12H2,1-3H3,(H,24,26). The third-order valence-corrected chi connectivity index (χ3v) is 4.68. The summed E-state index contributed by atoms with van der Waals surface area (Å²) in [5.41, 5.74) is 5.84. The van der Waals surface area contributed by atoms with Gasteiger partial charge in [-0.15, -0.1) is 0 Å². The predicted octanol–water partition coefficient (Wildman–Crippen LogP) is 5.55. The van der Waals surface area contributed by atoms with E-state index in [1.54, 1.807) is 0 Å². The van der Waals surface area contributed by atoms with Gasteiger partial charge in [0.25, 0.3) is 5.91 Å². The van der Waals surface area contributed by atoms with E-state index < -0.39 is 0 Å². The largest absolute Gasteiger partial charge is 0.352 e.